The zero-order chi connectivity index (χ0) is 13.7. The lowest BCUT2D eigenvalue weighted by molar-refractivity contribution is -0.135. The molecule has 0 fully saturated rings. The standard InChI is InChI=1S/C13H21BrN2OS/c1-9(2)12(7-15)13(17)16(3)5-4-11-6-10(14)8-18-11/h6,8-9,12H,4-5,7,15H2,1-3H3. The Balaban J connectivity index is 2.49. The van der Waals surface area contributed by atoms with Crippen LogP contribution in [0.2, 0.25) is 0 Å². The van der Waals surface area contributed by atoms with E-state index in [1.807, 2.05) is 20.9 Å². The smallest absolute Gasteiger partial charge is 0.226 e. The number of nitrogens with zero attached hydrogens (tertiary/aromatic N) is 1. The van der Waals surface area contributed by atoms with Crippen molar-refractivity contribution in [3.63, 3.8) is 0 Å². The van der Waals surface area contributed by atoms with Crippen LogP contribution in [-0.2, 0) is 11.2 Å². The predicted molar refractivity (Wildman–Crippen MR) is 80.7 cm³/mol. The third-order valence-electron chi connectivity index (χ3n) is 3.07. The van der Waals surface area contributed by atoms with Gasteiger partial charge in [0.05, 0.1) is 5.92 Å². The van der Waals surface area contributed by atoms with Crippen molar-refractivity contribution in [2.75, 3.05) is 20.1 Å². The molecule has 0 aliphatic heterocycles. The zero-order valence-corrected chi connectivity index (χ0v) is 13.6. The summed E-state index contributed by atoms with van der Waals surface area (Å²) in [5.74, 6) is 0.383. The molecular formula is C13H21BrN2OS. The topological polar surface area (TPSA) is 46.3 Å². The van der Waals surface area contributed by atoms with Crippen LogP contribution in [0.15, 0.2) is 15.9 Å². The lowest BCUT2D eigenvalue weighted by atomic mass is 9.94. The molecule has 1 heterocycles. The molecule has 1 aromatic rings. The van der Waals surface area contributed by atoms with E-state index in [-0.39, 0.29) is 11.8 Å². The molecule has 2 N–H and O–H groups in total. The molecule has 5 heteroatoms. The average Bonchev–Trinajstić information content (AvgIpc) is 2.72. The van der Waals surface area contributed by atoms with Gasteiger partial charge in [0.25, 0.3) is 0 Å². The molecular weight excluding hydrogens is 312 g/mol. The normalized spacial score (nSPS) is 12.8. The molecule has 0 saturated heterocycles. The molecule has 0 aliphatic rings. The molecule has 3 nitrogen and oxygen atoms in total. The molecule has 18 heavy (non-hydrogen) atoms. The highest BCUT2D eigenvalue weighted by molar-refractivity contribution is 9.10. The molecule has 1 unspecified atom stereocenters. The fraction of sp³-hybridized carbons (Fsp3) is 0.615. The Hall–Kier alpha value is -0.390. The number of amides is 1. The van der Waals surface area contributed by atoms with Crippen LogP contribution in [0.4, 0.5) is 0 Å². The molecule has 0 aliphatic carbocycles. The summed E-state index contributed by atoms with van der Waals surface area (Å²) in [7, 11) is 1.86. The molecule has 0 bridgehead atoms. The fourth-order valence-electron chi connectivity index (χ4n) is 1.81. The molecule has 0 aromatic carbocycles. The minimum atomic E-state index is -0.0647. The summed E-state index contributed by atoms with van der Waals surface area (Å²) in [6, 6.07) is 2.10. The quantitative estimate of drug-likeness (QED) is 0.870. The predicted octanol–water partition coefficient (Wildman–Crippen LogP) is 2.74. The van der Waals surface area contributed by atoms with E-state index in [0.29, 0.717) is 12.5 Å². The first kappa shape index (κ1) is 15.7. The minimum absolute atomic E-state index is 0.0647. The van der Waals surface area contributed by atoms with Gasteiger partial charge in [-0.25, -0.2) is 0 Å². The maximum atomic E-state index is 12.2. The number of hydrogen-bond donors (Lipinski definition) is 1. The molecule has 1 atom stereocenters. The monoisotopic (exact) mass is 332 g/mol. The highest BCUT2D eigenvalue weighted by atomic mass is 79.9. The molecule has 1 rings (SSSR count). The van der Waals surface area contributed by atoms with Crippen molar-refractivity contribution in [2.45, 2.75) is 20.3 Å². The molecule has 1 aromatic heterocycles. The Kier molecular flexibility index (Phi) is 6.32. The van der Waals surface area contributed by atoms with Gasteiger partial charge in [-0.1, -0.05) is 13.8 Å². The van der Waals surface area contributed by atoms with Gasteiger partial charge < -0.3 is 10.6 Å². The molecule has 0 spiro atoms. The molecule has 1 amide bonds. The van der Waals surface area contributed by atoms with Crippen LogP contribution < -0.4 is 5.73 Å². The Morgan fingerprint density at radius 3 is 2.67 bits per heavy atom. The third kappa shape index (κ3) is 4.37. The second-order valence-electron chi connectivity index (χ2n) is 4.83. The summed E-state index contributed by atoms with van der Waals surface area (Å²) in [4.78, 5) is 15.3. The van der Waals surface area contributed by atoms with Gasteiger partial charge in [0, 0.05) is 34.9 Å². The number of nitrogens with two attached hydrogens (primary N) is 1. The highest BCUT2D eigenvalue weighted by Crippen LogP contribution is 2.20. The van der Waals surface area contributed by atoms with E-state index in [0.717, 1.165) is 17.4 Å². The van der Waals surface area contributed by atoms with Crippen LogP contribution in [0.1, 0.15) is 18.7 Å². The highest BCUT2D eigenvalue weighted by Gasteiger charge is 2.23. The summed E-state index contributed by atoms with van der Waals surface area (Å²) < 4.78 is 1.11. The number of rotatable bonds is 6. The summed E-state index contributed by atoms with van der Waals surface area (Å²) in [6.45, 7) is 5.25. The van der Waals surface area contributed by atoms with Gasteiger partial charge in [-0.15, -0.1) is 11.3 Å². The van der Waals surface area contributed by atoms with Crippen molar-refractivity contribution >= 4 is 33.2 Å². The molecule has 0 saturated carbocycles. The minimum Gasteiger partial charge on any atom is -0.345 e. The van der Waals surface area contributed by atoms with Gasteiger partial charge in [0.15, 0.2) is 0 Å². The summed E-state index contributed by atoms with van der Waals surface area (Å²) in [5.41, 5.74) is 5.67. The zero-order valence-electron chi connectivity index (χ0n) is 11.1. The van der Waals surface area contributed by atoms with Crippen LogP contribution in [-0.4, -0.2) is 30.9 Å². The molecule has 0 radical (unpaired) electrons. The van der Waals surface area contributed by atoms with Gasteiger partial charge in [0.1, 0.15) is 0 Å². The van der Waals surface area contributed by atoms with Crippen molar-refractivity contribution in [2.24, 2.45) is 17.6 Å². The number of likely N-dealkylation sites (N-methyl/N-ethyl adjacent to an activating group) is 1. The molecule has 102 valence electrons. The number of thiophene rings is 1. The van der Waals surface area contributed by atoms with E-state index < -0.39 is 0 Å². The number of carbonyl (C=O) groups excluding carboxylic acids is 1. The van der Waals surface area contributed by atoms with Gasteiger partial charge in [0.2, 0.25) is 5.91 Å². The van der Waals surface area contributed by atoms with Crippen molar-refractivity contribution in [3.8, 4) is 0 Å². The third-order valence-corrected chi connectivity index (χ3v) is 4.82. The average molecular weight is 333 g/mol. The first-order valence-corrected chi connectivity index (χ1v) is 7.81. The summed E-state index contributed by atoms with van der Waals surface area (Å²) in [6.07, 6.45) is 0.897. The maximum absolute atomic E-state index is 12.2. The van der Waals surface area contributed by atoms with Gasteiger partial charge in [-0.3, -0.25) is 4.79 Å². The van der Waals surface area contributed by atoms with Crippen LogP contribution in [0.25, 0.3) is 0 Å². The Morgan fingerprint density at radius 2 is 2.22 bits per heavy atom. The SMILES string of the molecule is CC(C)C(CN)C(=O)N(C)CCc1cc(Br)cs1. The Bertz CT molecular complexity index is 392. The van der Waals surface area contributed by atoms with E-state index in [9.17, 15) is 4.79 Å². The first-order valence-electron chi connectivity index (χ1n) is 6.13. The number of hydrogen-bond acceptors (Lipinski definition) is 3. The van der Waals surface area contributed by atoms with Crippen LogP contribution in [0.5, 0.6) is 0 Å². The van der Waals surface area contributed by atoms with Crippen molar-refractivity contribution in [3.05, 3.63) is 20.8 Å². The lowest BCUT2D eigenvalue weighted by Crippen LogP contribution is -2.40. The first-order chi connectivity index (χ1) is 8.45. The van der Waals surface area contributed by atoms with Crippen molar-refractivity contribution in [1.82, 2.24) is 4.90 Å². The van der Waals surface area contributed by atoms with Crippen LogP contribution in [0.3, 0.4) is 0 Å². The maximum Gasteiger partial charge on any atom is 0.226 e. The number of carbonyl (C=O) groups is 1. The summed E-state index contributed by atoms with van der Waals surface area (Å²) in [5, 5.41) is 2.06. The van der Waals surface area contributed by atoms with Crippen LogP contribution in [0, 0.1) is 11.8 Å². The van der Waals surface area contributed by atoms with E-state index in [2.05, 4.69) is 27.4 Å². The number of halogens is 1. The van der Waals surface area contributed by atoms with Gasteiger partial charge >= 0.3 is 0 Å². The fourth-order valence-corrected chi connectivity index (χ4v) is 3.26. The Morgan fingerprint density at radius 1 is 1.56 bits per heavy atom. The van der Waals surface area contributed by atoms with Crippen molar-refractivity contribution < 1.29 is 4.79 Å². The Labute approximate surface area is 121 Å². The van der Waals surface area contributed by atoms with Gasteiger partial charge in [-0.2, -0.15) is 0 Å². The van der Waals surface area contributed by atoms with E-state index in [1.165, 1.54) is 4.88 Å². The van der Waals surface area contributed by atoms with E-state index in [4.69, 9.17) is 5.73 Å². The lowest BCUT2D eigenvalue weighted by Gasteiger charge is -2.25. The van der Waals surface area contributed by atoms with E-state index in [1.54, 1.807) is 16.2 Å². The van der Waals surface area contributed by atoms with Crippen LogP contribution >= 0.6 is 27.3 Å². The second kappa shape index (κ2) is 7.26. The van der Waals surface area contributed by atoms with E-state index >= 15 is 0 Å². The van der Waals surface area contributed by atoms with Crippen molar-refractivity contribution in [1.29, 1.82) is 0 Å². The van der Waals surface area contributed by atoms with Gasteiger partial charge in [-0.05, 0) is 34.3 Å². The largest absolute Gasteiger partial charge is 0.345 e. The second-order valence-corrected chi connectivity index (χ2v) is 6.74. The summed E-state index contributed by atoms with van der Waals surface area (Å²) >= 11 is 5.15.